The van der Waals surface area contributed by atoms with Crippen molar-refractivity contribution in [1.29, 1.82) is 0 Å². The first-order chi connectivity index (χ1) is 19.1. The molecular formula is C27H26ClN5O6S. The van der Waals surface area contributed by atoms with E-state index in [4.69, 9.17) is 16.3 Å². The van der Waals surface area contributed by atoms with E-state index in [1.807, 2.05) is 5.38 Å². The minimum atomic E-state index is -1.13. The number of thiazole rings is 1. The predicted octanol–water partition coefficient (Wildman–Crippen LogP) is 4.33. The molecule has 3 heterocycles. The van der Waals surface area contributed by atoms with Gasteiger partial charge >= 0.3 is 12.2 Å². The van der Waals surface area contributed by atoms with Crippen molar-refractivity contribution in [2.24, 2.45) is 0 Å². The lowest BCUT2D eigenvalue weighted by molar-refractivity contribution is -0.141. The van der Waals surface area contributed by atoms with Gasteiger partial charge < -0.3 is 20.1 Å². The van der Waals surface area contributed by atoms with E-state index in [0.717, 1.165) is 4.90 Å². The van der Waals surface area contributed by atoms with Crippen molar-refractivity contribution in [1.82, 2.24) is 15.2 Å². The molecule has 5 rings (SSSR count). The highest BCUT2D eigenvalue weighted by Crippen LogP contribution is 2.43. The predicted molar refractivity (Wildman–Crippen MR) is 149 cm³/mol. The highest BCUT2D eigenvalue weighted by atomic mass is 35.5. The number of amides is 4. The molecule has 3 N–H and O–H groups in total. The average molecular weight is 584 g/mol. The van der Waals surface area contributed by atoms with Crippen molar-refractivity contribution < 1.29 is 29.0 Å². The Hall–Kier alpha value is -4.16. The third-order valence-corrected chi connectivity index (χ3v) is 7.94. The van der Waals surface area contributed by atoms with Gasteiger partial charge in [0, 0.05) is 47.2 Å². The summed E-state index contributed by atoms with van der Waals surface area (Å²) < 4.78 is 5.81. The lowest BCUT2D eigenvalue weighted by Gasteiger charge is -2.45. The molecule has 1 fully saturated rings. The van der Waals surface area contributed by atoms with Crippen LogP contribution in [0.3, 0.4) is 0 Å². The molecule has 0 saturated carbocycles. The van der Waals surface area contributed by atoms with Crippen LogP contribution in [0.15, 0.2) is 53.4 Å². The Kier molecular flexibility index (Phi) is 7.63. The van der Waals surface area contributed by atoms with E-state index in [9.17, 15) is 24.3 Å². The van der Waals surface area contributed by atoms with Crippen LogP contribution in [0.5, 0.6) is 0 Å². The molecule has 1 spiro atoms. The Morgan fingerprint density at radius 3 is 2.75 bits per heavy atom. The maximum absolute atomic E-state index is 13.9. The number of ether oxygens (including phenoxy) is 1. The normalized spacial score (nSPS) is 18.8. The summed E-state index contributed by atoms with van der Waals surface area (Å²) in [5, 5.41) is 17.0. The highest BCUT2D eigenvalue weighted by molar-refractivity contribution is 7.07. The van der Waals surface area contributed by atoms with Gasteiger partial charge in [0.2, 0.25) is 5.91 Å². The number of nitrogens with zero attached hydrogens (tertiary/aromatic N) is 3. The molecule has 1 saturated heterocycles. The Balaban J connectivity index is 1.38. The number of halogens is 1. The van der Waals surface area contributed by atoms with Crippen LogP contribution < -0.4 is 15.5 Å². The molecule has 0 radical (unpaired) electrons. The van der Waals surface area contributed by atoms with Gasteiger partial charge in [0.15, 0.2) is 5.60 Å². The zero-order chi connectivity index (χ0) is 28.4. The van der Waals surface area contributed by atoms with E-state index in [0.29, 0.717) is 47.0 Å². The van der Waals surface area contributed by atoms with E-state index < -0.39 is 29.7 Å². The second kappa shape index (κ2) is 11.1. The van der Waals surface area contributed by atoms with Crippen LogP contribution in [0.25, 0.3) is 0 Å². The number of fused-ring (bicyclic) bond motifs is 2. The third kappa shape index (κ3) is 5.58. The number of aromatic nitrogens is 1. The topological polar surface area (TPSA) is 141 Å². The van der Waals surface area contributed by atoms with Crippen LogP contribution >= 0.6 is 22.9 Å². The Morgan fingerprint density at radius 2 is 2.05 bits per heavy atom. The molecule has 2 atom stereocenters. The molecule has 1 aromatic heterocycles. The second-order valence-electron chi connectivity index (χ2n) is 9.66. The van der Waals surface area contributed by atoms with Gasteiger partial charge in [-0.05, 0) is 55.3 Å². The SMILES string of the molecule is CN(C(=O)O)c1ccc(C(=O)N[C@@H](Cc2cscn2)C(=O)N2CCC[C@@]3(C2)OC(=O)Nc2ccc(Cl)cc23)cc1. The van der Waals surface area contributed by atoms with E-state index in [1.165, 1.54) is 42.6 Å². The van der Waals surface area contributed by atoms with Gasteiger partial charge in [-0.25, -0.2) is 14.6 Å². The standard InChI is InChI=1S/C27H26ClN5O6S/c1-32(26(37)38)19-6-3-16(4-7-19)23(34)30-22(12-18-13-40-15-29-18)24(35)33-10-2-9-27(14-33)20-11-17(28)5-8-21(20)31-25(36)39-27/h3-8,11,13,15,22H,2,9-10,12,14H2,1H3,(H,30,34)(H,31,36)(H,37,38)/t22-,27-/m0/s1. The van der Waals surface area contributed by atoms with Gasteiger partial charge in [-0.3, -0.25) is 19.8 Å². The van der Waals surface area contributed by atoms with E-state index >= 15 is 0 Å². The lowest BCUT2D eigenvalue weighted by atomic mass is 9.83. The number of carbonyl (C=O) groups excluding carboxylic acids is 3. The highest BCUT2D eigenvalue weighted by Gasteiger charge is 2.47. The third-order valence-electron chi connectivity index (χ3n) is 7.07. The van der Waals surface area contributed by atoms with Crippen LogP contribution in [0.1, 0.15) is 34.5 Å². The molecule has 208 valence electrons. The molecule has 0 aliphatic carbocycles. The van der Waals surface area contributed by atoms with Gasteiger partial charge in [0.05, 0.1) is 23.4 Å². The molecule has 40 heavy (non-hydrogen) atoms. The summed E-state index contributed by atoms with van der Waals surface area (Å²) in [6.45, 7) is 0.521. The molecule has 2 aromatic carbocycles. The number of rotatable bonds is 6. The summed E-state index contributed by atoms with van der Waals surface area (Å²) in [7, 11) is 1.40. The van der Waals surface area contributed by atoms with Gasteiger partial charge in [-0.2, -0.15) is 0 Å². The molecule has 4 amide bonds. The zero-order valence-electron chi connectivity index (χ0n) is 21.4. The summed E-state index contributed by atoms with van der Waals surface area (Å²) >= 11 is 7.65. The largest absolute Gasteiger partial charge is 0.465 e. The first-order valence-corrected chi connectivity index (χ1v) is 13.8. The molecule has 0 bridgehead atoms. The smallest absolute Gasteiger partial charge is 0.412 e. The number of likely N-dealkylation sites (tertiary alicyclic amines) is 1. The van der Waals surface area contributed by atoms with Crippen LogP contribution in [0, 0.1) is 0 Å². The summed E-state index contributed by atoms with van der Waals surface area (Å²) in [5.74, 6) is -0.823. The fourth-order valence-corrected chi connectivity index (χ4v) is 5.78. The molecule has 13 heteroatoms. The first kappa shape index (κ1) is 27.4. The molecule has 2 aliphatic rings. The van der Waals surface area contributed by atoms with Crippen molar-refractivity contribution in [2.45, 2.75) is 30.9 Å². The summed E-state index contributed by atoms with van der Waals surface area (Å²) in [4.78, 5) is 57.7. The van der Waals surface area contributed by atoms with Gasteiger partial charge in [0.1, 0.15) is 6.04 Å². The minimum Gasteiger partial charge on any atom is -0.465 e. The Morgan fingerprint density at radius 1 is 1.27 bits per heavy atom. The van der Waals surface area contributed by atoms with Crippen molar-refractivity contribution >= 4 is 58.3 Å². The summed E-state index contributed by atoms with van der Waals surface area (Å²) in [5.41, 5.74) is 3.18. The van der Waals surface area contributed by atoms with Crippen LogP contribution in [0.2, 0.25) is 5.02 Å². The van der Waals surface area contributed by atoms with Gasteiger partial charge in [-0.15, -0.1) is 11.3 Å². The number of piperidine rings is 1. The van der Waals surface area contributed by atoms with Crippen LogP contribution in [-0.4, -0.2) is 65.2 Å². The zero-order valence-corrected chi connectivity index (χ0v) is 23.0. The van der Waals surface area contributed by atoms with E-state index in [2.05, 4.69) is 15.6 Å². The second-order valence-corrected chi connectivity index (χ2v) is 10.8. The molecule has 2 aliphatic heterocycles. The molecule has 3 aromatic rings. The first-order valence-electron chi connectivity index (χ1n) is 12.5. The van der Waals surface area contributed by atoms with E-state index in [-0.39, 0.29) is 24.4 Å². The number of carboxylic acid groups (broad SMARTS) is 1. The molecular weight excluding hydrogens is 558 g/mol. The fraction of sp³-hybridized carbons (Fsp3) is 0.296. The van der Waals surface area contributed by atoms with Crippen LogP contribution in [-0.2, 0) is 21.6 Å². The Labute approximate surface area is 238 Å². The quantitative estimate of drug-likeness (QED) is 0.392. The lowest BCUT2D eigenvalue weighted by Crippen LogP contribution is -2.57. The maximum Gasteiger partial charge on any atom is 0.412 e. The number of carbonyl (C=O) groups is 4. The van der Waals surface area contributed by atoms with E-state index in [1.54, 1.807) is 28.6 Å². The molecule has 11 nitrogen and oxygen atoms in total. The average Bonchev–Trinajstić information content (AvgIpc) is 3.45. The number of nitrogens with one attached hydrogen (secondary N) is 2. The monoisotopic (exact) mass is 583 g/mol. The number of hydrogen-bond donors (Lipinski definition) is 3. The van der Waals surface area contributed by atoms with Gasteiger partial charge in [0.25, 0.3) is 5.91 Å². The maximum atomic E-state index is 13.9. The Bertz CT molecular complexity index is 1450. The van der Waals surface area contributed by atoms with Gasteiger partial charge in [-0.1, -0.05) is 11.6 Å². The van der Waals surface area contributed by atoms with Crippen molar-refractivity contribution in [3.8, 4) is 0 Å². The number of benzene rings is 2. The summed E-state index contributed by atoms with van der Waals surface area (Å²) in [6.07, 6.45) is -0.483. The minimum absolute atomic E-state index is 0.103. The fourth-order valence-electron chi connectivity index (χ4n) is 5.04. The summed E-state index contributed by atoms with van der Waals surface area (Å²) in [6, 6.07) is 10.2. The molecule has 0 unspecified atom stereocenters. The van der Waals surface area contributed by atoms with Crippen molar-refractivity contribution in [2.75, 3.05) is 30.4 Å². The number of anilines is 2. The number of hydrogen-bond acceptors (Lipinski definition) is 7. The van der Waals surface area contributed by atoms with Crippen molar-refractivity contribution in [3.05, 3.63) is 75.2 Å². The van der Waals surface area contributed by atoms with Crippen molar-refractivity contribution in [3.63, 3.8) is 0 Å². The van der Waals surface area contributed by atoms with Crippen LogP contribution in [0.4, 0.5) is 21.0 Å².